The molecule has 1 aromatic carbocycles. The predicted octanol–water partition coefficient (Wildman–Crippen LogP) is 1.58. The topological polar surface area (TPSA) is 55.6 Å². The molecule has 1 amide bonds. The van der Waals surface area contributed by atoms with Crippen LogP contribution in [0.15, 0.2) is 30.3 Å². The Bertz CT molecular complexity index is 435. The molecule has 0 spiro atoms. The molecule has 0 saturated carbocycles. The van der Waals surface area contributed by atoms with E-state index in [1.807, 2.05) is 42.2 Å². The van der Waals surface area contributed by atoms with Crippen molar-refractivity contribution in [2.24, 2.45) is 5.73 Å². The first-order valence-corrected chi connectivity index (χ1v) is 7.34. The molecular formula is C16H24N2O2. The van der Waals surface area contributed by atoms with Crippen LogP contribution < -0.4 is 5.73 Å². The zero-order valence-corrected chi connectivity index (χ0v) is 12.3. The van der Waals surface area contributed by atoms with Crippen molar-refractivity contribution in [3.05, 3.63) is 35.9 Å². The molecule has 1 aliphatic rings. The first kappa shape index (κ1) is 15.0. The van der Waals surface area contributed by atoms with Crippen molar-refractivity contribution >= 4 is 5.91 Å². The van der Waals surface area contributed by atoms with Gasteiger partial charge in [0.05, 0.1) is 18.2 Å². The van der Waals surface area contributed by atoms with Crippen LogP contribution in [0.2, 0.25) is 0 Å². The van der Waals surface area contributed by atoms with Crippen LogP contribution in [0.5, 0.6) is 0 Å². The van der Waals surface area contributed by atoms with Crippen molar-refractivity contribution in [1.29, 1.82) is 0 Å². The number of hydrogen-bond acceptors (Lipinski definition) is 3. The van der Waals surface area contributed by atoms with Crippen LogP contribution in [0.3, 0.4) is 0 Å². The summed E-state index contributed by atoms with van der Waals surface area (Å²) in [5.74, 6) is 0.0300. The van der Waals surface area contributed by atoms with Gasteiger partial charge in [-0.3, -0.25) is 4.79 Å². The molecule has 0 aromatic heterocycles. The number of morpholine rings is 1. The molecule has 1 saturated heterocycles. The van der Waals surface area contributed by atoms with Gasteiger partial charge in [0.1, 0.15) is 0 Å². The van der Waals surface area contributed by atoms with Gasteiger partial charge in [-0.2, -0.15) is 0 Å². The number of nitrogens with zero attached hydrogens (tertiary/aromatic N) is 1. The van der Waals surface area contributed by atoms with Crippen molar-refractivity contribution in [1.82, 2.24) is 4.90 Å². The van der Waals surface area contributed by atoms with E-state index in [1.54, 1.807) is 0 Å². The SMILES string of the molecule is CC[C@@H]1CN(C(=O)[C@@H](N)Cc2ccccc2)C[C@@H](C)O1. The van der Waals surface area contributed by atoms with Gasteiger partial charge in [-0.05, 0) is 25.3 Å². The van der Waals surface area contributed by atoms with Gasteiger partial charge in [0.25, 0.3) is 0 Å². The molecule has 0 aliphatic carbocycles. The molecule has 1 fully saturated rings. The normalized spacial score (nSPS) is 24.4. The lowest BCUT2D eigenvalue weighted by molar-refractivity contribution is -0.145. The molecule has 0 bridgehead atoms. The molecule has 0 unspecified atom stereocenters. The van der Waals surface area contributed by atoms with Crippen molar-refractivity contribution in [3.63, 3.8) is 0 Å². The van der Waals surface area contributed by atoms with E-state index in [1.165, 1.54) is 0 Å². The zero-order chi connectivity index (χ0) is 14.5. The van der Waals surface area contributed by atoms with Gasteiger partial charge in [0.2, 0.25) is 5.91 Å². The Morgan fingerprint density at radius 3 is 2.75 bits per heavy atom. The lowest BCUT2D eigenvalue weighted by atomic mass is 10.0. The van der Waals surface area contributed by atoms with Crippen LogP contribution in [0.1, 0.15) is 25.8 Å². The number of rotatable bonds is 4. The Kier molecular flexibility index (Phi) is 5.15. The highest BCUT2D eigenvalue weighted by atomic mass is 16.5. The van der Waals surface area contributed by atoms with E-state index in [9.17, 15) is 4.79 Å². The molecule has 3 atom stereocenters. The van der Waals surface area contributed by atoms with Crippen LogP contribution in [-0.4, -0.2) is 42.1 Å². The van der Waals surface area contributed by atoms with Crippen LogP contribution in [0.4, 0.5) is 0 Å². The fraction of sp³-hybridized carbons (Fsp3) is 0.562. The number of nitrogens with two attached hydrogens (primary N) is 1. The van der Waals surface area contributed by atoms with Crippen LogP contribution in [0.25, 0.3) is 0 Å². The van der Waals surface area contributed by atoms with Crippen molar-refractivity contribution in [2.75, 3.05) is 13.1 Å². The van der Waals surface area contributed by atoms with Gasteiger partial charge < -0.3 is 15.4 Å². The van der Waals surface area contributed by atoms with Crippen molar-refractivity contribution in [2.45, 2.75) is 44.9 Å². The Labute approximate surface area is 120 Å². The number of amides is 1. The number of ether oxygens (including phenoxy) is 1. The maximum atomic E-state index is 12.5. The number of hydrogen-bond donors (Lipinski definition) is 1. The average Bonchev–Trinajstić information content (AvgIpc) is 2.46. The Morgan fingerprint density at radius 2 is 2.10 bits per heavy atom. The summed E-state index contributed by atoms with van der Waals surface area (Å²) in [7, 11) is 0. The molecule has 0 radical (unpaired) electrons. The summed E-state index contributed by atoms with van der Waals surface area (Å²) in [6.45, 7) is 5.38. The van der Waals surface area contributed by atoms with Crippen molar-refractivity contribution in [3.8, 4) is 0 Å². The summed E-state index contributed by atoms with van der Waals surface area (Å²) in [5.41, 5.74) is 7.18. The van der Waals surface area contributed by atoms with Gasteiger partial charge in [-0.15, -0.1) is 0 Å². The molecule has 1 aliphatic heterocycles. The second-order valence-electron chi connectivity index (χ2n) is 5.52. The van der Waals surface area contributed by atoms with Gasteiger partial charge >= 0.3 is 0 Å². The summed E-state index contributed by atoms with van der Waals surface area (Å²) in [6, 6.07) is 9.44. The summed E-state index contributed by atoms with van der Waals surface area (Å²) in [4.78, 5) is 14.3. The summed E-state index contributed by atoms with van der Waals surface area (Å²) < 4.78 is 5.78. The number of carbonyl (C=O) groups excluding carboxylic acids is 1. The first-order chi connectivity index (χ1) is 9.60. The van der Waals surface area contributed by atoms with E-state index in [0.717, 1.165) is 12.0 Å². The monoisotopic (exact) mass is 276 g/mol. The minimum Gasteiger partial charge on any atom is -0.372 e. The second-order valence-corrected chi connectivity index (χ2v) is 5.52. The quantitative estimate of drug-likeness (QED) is 0.908. The summed E-state index contributed by atoms with van der Waals surface area (Å²) in [5, 5.41) is 0. The lowest BCUT2D eigenvalue weighted by Crippen LogP contribution is -2.54. The highest BCUT2D eigenvalue weighted by Crippen LogP contribution is 2.15. The highest BCUT2D eigenvalue weighted by molar-refractivity contribution is 5.82. The van der Waals surface area contributed by atoms with Crippen LogP contribution in [0, 0.1) is 0 Å². The predicted molar refractivity (Wildman–Crippen MR) is 79.3 cm³/mol. The van der Waals surface area contributed by atoms with E-state index in [2.05, 4.69) is 6.92 Å². The third-order valence-electron chi connectivity index (χ3n) is 3.71. The second kappa shape index (κ2) is 6.86. The van der Waals surface area contributed by atoms with Gasteiger partial charge in [0.15, 0.2) is 0 Å². The Balaban J connectivity index is 1.95. The molecule has 2 N–H and O–H groups in total. The smallest absolute Gasteiger partial charge is 0.240 e. The maximum absolute atomic E-state index is 12.5. The molecule has 4 heteroatoms. The van der Waals surface area contributed by atoms with Crippen LogP contribution in [-0.2, 0) is 16.0 Å². The number of benzene rings is 1. The molecule has 110 valence electrons. The highest BCUT2D eigenvalue weighted by Gasteiger charge is 2.30. The lowest BCUT2D eigenvalue weighted by Gasteiger charge is -2.37. The first-order valence-electron chi connectivity index (χ1n) is 7.34. The minimum absolute atomic E-state index is 0.0300. The van der Waals surface area contributed by atoms with E-state index >= 15 is 0 Å². The van der Waals surface area contributed by atoms with Gasteiger partial charge in [0, 0.05) is 13.1 Å². The van der Waals surface area contributed by atoms with Gasteiger partial charge in [-0.1, -0.05) is 37.3 Å². The van der Waals surface area contributed by atoms with Crippen LogP contribution >= 0.6 is 0 Å². The standard InChI is InChI=1S/C16H24N2O2/c1-3-14-11-18(10-12(2)20-14)16(19)15(17)9-13-7-5-4-6-8-13/h4-8,12,14-15H,3,9-11,17H2,1-2H3/t12-,14-,15+/m1/s1. The van der Waals surface area contributed by atoms with Crippen molar-refractivity contribution < 1.29 is 9.53 Å². The Hall–Kier alpha value is -1.39. The summed E-state index contributed by atoms with van der Waals surface area (Å²) >= 11 is 0. The fourth-order valence-electron chi connectivity index (χ4n) is 2.64. The van der Waals surface area contributed by atoms with Gasteiger partial charge in [-0.25, -0.2) is 0 Å². The van der Waals surface area contributed by atoms with E-state index < -0.39 is 6.04 Å². The third kappa shape index (κ3) is 3.81. The van der Waals surface area contributed by atoms with E-state index in [4.69, 9.17) is 10.5 Å². The Morgan fingerprint density at radius 1 is 1.40 bits per heavy atom. The molecular weight excluding hydrogens is 252 g/mol. The number of carbonyl (C=O) groups is 1. The minimum atomic E-state index is -0.472. The average molecular weight is 276 g/mol. The largest absolute Gasteiger partial charge is 0.372 e. The molecule has 1 heterocycles. The molecule has 2 rings (SSSR count). The molecule has 20 heavy (non-hydrogen) atoms. The maximum Gasteiger partial charge on any atom is 0.240 e. The van der Waals surface area contributed by atoms with E-state index in [-0.39, 0.29) is 18.1 Å². The summed E-state index contributed by atoms with van der Waals surface area (Å²) in [6.07, 6.45) is 1.72. The molecule has 1 aromatic rings. The third-order valence-corrected chi connectivity index (χ3v) is 3.71. The van der Waals surface area contributed by atoms with E-state index in [0.29, 0.717) is 19.5 Å². The fourth-order valence-corrected chi connectivity index (χ4v) is 2.64. The molecule has 4 nitrogen and oxygen atoms in total. The zero-order valence-electron chi connectivity index (χ0n) is 12.3.